The van der Waals surface area contributed by atoms with Gasteiger partial charge >= 0.3 is 0 Å². The molecule has 0 bridgehead atoms. The van der Waals surface area contributed by atoms with Crippen molar-refractivity contribution in [3.63, 3.8) is 0 Å². The lowest BCUT2D eigenvalue weighted by atomic mass is 9.96. The van der Waals surface area contributed by atoms with E-state index in [2.05, 4.69) is 5.32 Å². The van der Waals surface area contributed by atoms with Crippen molar-refractivity contribution in [1.82, 2.24) is 9.62 Å². The molecule has 1 aliphatic rings. The zero-order valence-corrected chi connectivity index (χ0v) is 18.3. The molecule has 0 aliphatic carbocycles. The number of nitrogens with zero attached hydrogens (tertiary/aromatic N) is 1. The number of nitrogens with one attached hydrogen (secondary N) is 1. The van der Waals surface area contributed by atoms with Gasteiger partial charge in [-0.15, -0.1) is 0 Å². The molecule has 3 rings (SSSR count). The molecule has 2 aromatic rings. The quantitative estimate of drug-likeness (QED) is 0.727. The fourth-order valence-electron chi connectivity index (χ4n) is 3.56. The molecule has 1 aliphatic heterocycles. The first-order chi connectivity index (χ1) is 14.3. The van der Waals surface area contributed by atoms with Gasteiger partial charge in [-0.3, -0.25) is 4.79 Å². The number of hydrogen-bond donors (Lipinski definition) is 1. The average Bonchev–Trinajstić information content (AvgIpc) is 2.79. The van der Waals surface area contributed by atoms with Crippen molar-refractivity contribution >= 4 is 15.9 Å². The number of rotatable bonds is 7. The summed E-state index contributed by atoms with van der Waals surface area (Å²) in [7, 11) is -0.426. The van der Waals surface area contributed by atoms with E-state index < -0.39 is 10.0 Å². The van der Waals surface area contributed by atoms with Crippen molar-refractivity contribution in [2.45, 2.75) is 30.7 Å². The average molecular weight is 433 g/mol. The molecule has 0 aromatic heterocycles. The number of carbonyl (C=O) groups excluding carboxylic acids is 1. The van der Waals surface area contributed by atoms with Gasteiger partial charge in [0, 0.05) is 19.0 Å². The Bertz CT molecular complexity index is 950. The molecule has 162 valence electrons. The van der Waals surface area contributed by atoms with Crippen molar-refractivity contribution in [1.29, 1.82) is 0 Å². The minimum absolute atomic E-state index is 0.0418. The summed E-state index contributed by atoms with van der Waals surface area (Å²) in [5, 5.41) is 3.04. The van der Waals surface area contributed by atoms with Gasteiger partial charge in [-0.2, -0.15) is 4.31 Å². The monoisotopic (exact) mass is 432 g/mol. The Balaban J connectivity index is 1.56. The number of carbonyl (C=O) groups is 1. The molecule has 1 atom stereocenters. The summed E-state index contributed by atoms with van der Waals surface area (Å²) >= 11 is 0. The molecular weight excluding hydrogens is 404 g/mol. The highest BCUT2D eigenvalue weighted by Crippen LogP contribution is 2.26. The summed E-state index contributed by atoms with van der Waals surface area (Å²) in [4.78, 5) is 12.9. The highest BCUT2D eigenvalue weighted by Gasteiger charge is 2.32. The zero-order valence-electron chi connectivity index (χ0n) is 17.5. The molecule has 1 N–H and O–H groups in total. The van der Waals surface area contributed by atoms with E-state index in [4.69, 9.17) is 9.47 Å². The van der Waals surface area contributed by atoms with E-state index >= 15 is 0 Å². The molecule has 1 amide bonds. The number of hydrogen-bond acceptors (Lipinski definition) is 5. The topological polar surface area (TPSA) is 84.9 Å². The zero-order chi connectivity index (χ0) is 21.7. The summed E-state index contributed by atoms with van der Waals surface area (Å²) in [6, 6.07) is 13.8. The van der Waals surface area contributed by atoms with Gasteiger partial charge in [0.25, 0.3) is 0 Å². The number of ether oxygens (including phenoxy) is 2. The van der Waals surface area contributed by atoms with Crippen LogP contribution in [-0.4, -0.2) is 45.9 Å². The Hall–Kier alpha value is -2.58. The van der Waals surface area contributed by atoms with Gasteiger partial charge in [0.2, 0.25) is 15.9 Å². The Kier molecular flexibility index (Phi) is 6.99. The van der Waals surface area contributed by atoms with Crippen LogP contribution in [0, 0.1) is 5.92 Å². The third kappa shape index (κ3) is 4.94. The van der Waals surface area contributed by atoms with Crippen molar-refractivity contribution in [2.24, 2.45) is 5.92 Å². The van der Waals surface area contributed by atoms with E-state index in [0.29, 0.717) is 31.7 Å². The second-order valence-corrected chi connectivity index (χ2v) is 9.30. The molecule has 8 heteroatoms. The van der Waals surface area contributed by atoms with E-state index in [1.807, 2.05) is 31.2 Å². The smallest absolute Gasteiger partial charge is 0.243 e. The van der Waals surface area contributed by atoms with Crippen LogP contribution in [0.15, 0.2) is 53.4 Å². The second kappa shape index (κ2) is 9.49. The minimum atomic E-state index is -3.57. The maximum Gasteiger partial charge on any atom is 0.243 e. The van der Waals surface area contributed by atoms with Gasteiger partial charge in [-0.25, -0.2) is 8.42 Å². The molecule has 0 spiro atoms. The summed E-state index contributed by atoms with van der Waals surface area (Å²) in [6.07, 6.45) is 0.993. The molecule has 2 aromatic carbocycles. The van der Waals surface area contributed by atoms with Crippen molar-refractivity contribution in [3.8, 4) is 11.5 Å². The maximum absolute atomic E-state index is 12.9. The highest BCUT2D eigenvalue weighted by atomic mass is 32.2. The SMILES string of the molecule is COc1ccc(C(C)NC(=O)C2CCN(S(=O)(=O)c3ccc(OC)cc3)CC2)cc1. The lowest BCUT2D eigenvalue weighted by molar-refractivity contribution is -0.126. The fourth-order valence-corrected chi connectivity index (χ4v) is 5.03. The molecule has 1 unspecified atom stereocenters. The third-order valence-electron chi connectivity index (χ3n) is 5.50. The first-order valence-electron chi connectivity index (χ1n) is 9.93. The lowest BCUT2D eigenvalue weighted by Gasteiger charge is -2.31. The number of sulfonamides is 1. The highest BCUT2D eigenvalue weighted by molar-refractivity contribution is 7.89. The standard InChI is InChI=1S/C22H28N2O5S/c1-16(17-4-6-19(28-2)7-5-17)23-22(25)18-12-14-24(15-13-18)30(26,27)21-10-8-20(29-3)9-11-21/h4-11,16,18H,12-15H2,1-3H3,(H,23,25). The van der Waals surface area contributed by atoms with Crippen LogP contribution in [0.4, 0.5) is 0 Å². The molecule has 1 saturated heterocycles. The van der Waals surface area contributed by atoms with Crippen LogP contribution < -0.4 is 14.8 Å². The first kappa shape index (κ1) is 22.1. The Morgan fingerprint density at radius 1 is 0.967 bits per heavy atom. The predicted molar refractivity (Wildman–Crippen MR) is 114 cm³/mol. The normalized spacial score (nSPS) is 16.6. The number of benzene rings is 2. The van der Waals surface area contributed by atoms with Crippen molar-refractivity contribution in [3.05, 3.63) is 54.1 Å². The van der Waals surface area contributed by atoms with Crippen LogP contribution in [-0.2, 0) is 14.8 Å². The molecular formula is C22H28N2O5S. The lowest BCUT2D eigenvalue weighted by Crippen LogP contribution is -2.43. The molecule has 7 nitrogen and oxygen atoms in total. The Morgan fingerprint density at radius 2 is 1.47 bits per heavy atom. The molecule has 0 saturated carbocycles. The number of amides is 1. The summed E-state index contributed by atoms with van der Waals surface area (Å²) < 4.78 is 37.4. The van der Waals surface area contributed by atoms with Gasteiger partial charge in [-0.05, 0) is 61.7 Å². The van der Waals surface area contributed by atoms with Gasteiger partial charge in [0.05, 0.1) is 25.2 Å². The van der Waals surface area contributed by atoms with Crippen molar-refractivity contribution < 1.29 is 22.7 Å². The van der Waals surface area contributed by atoms with Gasteiger partial charge in [0.1, 0.15) is 11.5 Å². The summed E-state index contributed by atoms with van der Waals surface area (Å²) in [6.45, 7) is 2.58. The largest absolute Gasteiger partial charge is 0.497 e. The fraction of sp³-hybridized carbons (Fsp3) is 0.409. The van der Waals surface area contributed by atoms with E-state index in [0.717, 1.165) is 11.3 Å². The molecule has 1 fully saturated rings. The van der Waals surface area contributed by atoms with E-state index in [1.54, 1.807) is 31.4 Å². The van der Waals surface area contributed by atoms with Crippen LogP contribution >= 0.6 is 0 Å². The van der Waals surface area contributed by atoms with Crippen LogP contribution in [0.1, 0.15) is 31.4 Å². The third-order valence-corrected chi connectivity index (χ3v) is 7.41. The Labute approximate surface area is 178 Å². The second-order valence-electron chi connectivity index (χ2n) is 7.36. The van der Waals surface area contributed by atoms with Gasteiger partial charge in [-0.1, -0.05) is 12.1 Å². The maximum atomic E-state index is 12.9. The van der Waals surface area contributed by atoms with Crippen molar-refractivity contribution in [2.75, 3.05) is 27.3 Å². The van der Waals surface area contributed by atoms with Crippen LogP contribution in [0.3, 0.4) is 0 Å². The minimum Gasteiger partial charge on any atom is -0.497 e. The number of methoxy groups -OCH3 is 2. The predicted octanol–water partition coefficient (Wildman–Crippen LogP) is 2.98. The van der Waals surface area contributed by atoms with Crippen LogP contribution in [0.25, 0.3) is 0 Å². The molecule has 30 heavy (non-hydrogen) atoms. The Morgan fingerprint density at radius 3 is 1.97 bits per heavy atom. The van der Waals surface area contributed by atoms with Gasteiger partial charge in [0.15, 0.2) is 0 Å². The van der Waals surface area contributed by atoms with Gasteiger partial charge < -0.3 is 14.8 Å². The summed E-state index contributed by atoms with van der Waals surface area (Å²) in [5.74, 6) is 1.13. The van der Waals surface area contributed by atoms with E-state index in [-0.39, 0.29) is 22.8 Å². The van der Waals surface area contributed by atoms with E-state index in [9.17, 15) is 13.2 Å². The number of piperidine rings is 1. The molecule has 1 heterocycles. The molecule has 0 radical (unpaired) electrons. The summed E-state index contributed by atoms with van der Waals surface area (Å²) in [5.41, 5.74) is 0.990. The van der Waals surface area contributed by atoms with E-state index in [1.165, 1.54) is 11.4 Å². The van der Waals surface area contributed by atoms with Crippen LogP contribution in [0.5, 0.6) is 11.5 Å². The van der Waals surface area contributed by atoms with Crippen LogP contribution in [0.2, 0.25) is 0 Å². The first-order valence-corrected chi connectivity index (χ1v) is 11.4.